The normalized spacial score (nSPS) is 23.0. The van der Waals surface area contributed by atoms with E-state index in [2.05, 4.69) is 21.4 Å². The summed E-state index contributed by atoms with van der Waals surface area (Å²) in [5.41, 5.74) is 3.60. The number of benzene rings is 1. The number of nitrogens with one attached hydrogen (secondary N) is 2. The molecule has 2 atom stereocenters. The number of carbonyl (C=O) groups is 1. The molecule has 1 aromatic carbocycles. The molecule has 6 nitrogen and oxygen atoms in total. The first-order valence-corrected chi connectivity index (χ1v) is 10.4. The SMILES string of the molecule is CNC(=O)N1CC2CC(c3cc4c(-c5cc(F)ccc5OC)ccnc4[nH]3)CC2C1. The quantitative estimate of drug-likeness (QED) is 0.684. The number of carbonyl (C=O) groups excluding carboxylic acids is 1. The van der Waals surface area contributed by atoms with E-state index in [1.54, 1.807) is 26.4 Å². The van der Waals surface area contributed by atoms with Crippen LogP contribution < -0.4 is 10.1 Å². The third-order valence-electron chi connectivity index (χ3n) is 6.70. The van der Waals surface area contributed by atoms with Gasteiger partial charge in [-0.05, 0) is 66.5 Å². The van der Waals surface area contributed by atoms with Gasteiger partial charge in [-0.1, -0.05) is 0 Å². The predicted octanol–water partition coefficient (Wildman–Crippen LogP) is 4.14. The van der Waals surface area contributed by atoms with Crippen LogP contribution in [0.2, 0.25) is 0 Å². The summed E-state index contributed by atoms with van der Waals surface area (Å²) < 4.78 is 19.4. The lowest BCUT2D eigenvalue weighted by Crippen LogP contribution is -2.36. The molecule has 7 heteroatoms. The molecule has 2 amide bonds. The van der Waals surface area contributed by atoms with E-state index < -0.39 is 0 Å². The number of rotatable bonds is 3. The second-order valence-corrected chi connectivity index (χ2v) is 8.34. The monoisotopic (exact) mass is 408 g/mol. The number of methoxy groups -OCH3 is 1. The van der Waals surface area contributed by atoms with E-state index in [1.807, 2.05) is 11.0 Å². The zero-order valence-electron chi connectivity index (χ0n) is 17.1. The average Bonchev–Trinajstić information content (AvgIpc) is 3.45. The van der Waals surface area contributed by atoms with Gasteiger partial charge in [0, 0.05) is 43.0 Å². The molecule has 1 saturated heterocycles. The van der Waals surface area contributed by atoms with Gasteiger partial charge >= 0.3 is 6.03 Å². The zero-order valence-corrected chi connectivity index (χ0v) is 17.1. The largest absolute Gasteiger partial charge is 0.496 e. The smallest absolute Gasteiger partial charge is 0.317 e. The van der Waals surface area contributed by atoms with Crippen molar-refractivity contribution in [3.8, 4) is 16.9 Å². The molecule has 3 aromatic rings. The summed E-state index contributed by atoms with van der Waals surface area (Å²) >= 11 is 0. The number of urea groups is 1. The van der Waals surface area contributed by atoms with Gasteiger partial charge in [-0.2, -0.15) is 0 Å². The summed E-state index contributed by atoms with van der Waals surface area (Å²) in [6.07, 6.45) is 3.86. The number of ether oxygens (including phenoxy) is 1. The van der Waals surface area contributed by atoms with Crippen LogP contribution in [-0.4, -0.2) is 48.1 Å². The van der Waals surface area contributed by atoms with Crippen molar-refractivity contribution < 1.29 is 13.9 Å². The number of hydrogen-bond acceptors (Lipinski definition) is 3. The maximum Gasteiger partial charge on any atom is 0.317 e. The van der Waals surface area contributed by atoms with Gasteiger partial charge in [0.05, 0.1) is 7.11 Å². The maximum absolute atomic E-state index is 14.0. The molecule has 2 N–H and O–H groups in total. The predicted molar refractivity (Wildman–Crippen MR) is 113 cm³/mol. The molecule has 2 fully saturated rings. The lowest BCUT2D eigenvalue weighted by Gasteiger charge is -2.18. The number of likely N-dealkylation sites (tertiary alicyclic amines) is 1. The van der Waals surface area contributed by atoms with Gasteiger partial charge in [-0.15, -0.1) is 0 Å². The first-order chi connectivity index (χ1) is 14.6. The number of halogens is 1. The fourth-order valence-corrected chi connectivity index (χ4v) is 5.27. The molecule has 2 unspecified atom stereocenters. The molecule has 1 saturated carbocycles. The van der Waals surface area contributed by atoms with Crippen LogP contribution >= 0.6 is 0 Å². The van der Waals surface area contributed by atoms with Gasteiger partial charge in [-0.3, -0.25) is 0 Å². The van der Waals surface area contributed by atoms with E-state index in [4.69, 9.17) is 4.74 Å². The van der Waals surface area contributed by atoms with E-state index in [0.717, 1.165) is 48.1 Å². The highest BCUT2D eigenvalue weighted by atomic mass is 19.1. The number of amides is 2. The molecule has 1 aliphatic carbocycles. The van der Waals surface area contributed by atoms with Gasteiger partial charge in [0.15, 0.2) is 0 Å². The molecule has 0 bridgehead atoms. The van der Waals surface area contributed by atoms with Crippen LogP contribution in [0, 0.1) is 17.7 Å². The van der Waals surface area contributed by atoms with Gasteiger partial charge in [-0.25, -0.2) is 14.2 Å². The number of aromatic amines is 1. The summed E-state index contributed by atoms with van der Waals surface area (Å²) in [6, 6.07) is 8.65. The molecule has 0 radical (unpaired) electrons. The molecule has 0 spiro atoms. The second-order valence-electron chi connectivity index (χ2n) is 8.34. The standard InChI is InChI=1S/C23H25FN4O2/c1-25-23(29)28-11-14-7-13(8-15(14)12-28)20-10-19-17(5-6-26-22(19)27-20)18-9-16(24)3-4-21(18)30-2/h3-6,9-10,13-15H,7-8,11-12H2,1-2H3,(H,25,29)(H,26,27). The molecule has 5 rings (SSSR count). The Morgan fingerprint density at radius 3 is 2.67 bits per heavy atom. The summed E-state index contributed by atoms with van der Waals surface area (Å²) in [5.74, 6) is 1.83. The summed E-state index contributed by atoms with van der Waals surface area (Å²) in [5, 5.41) is 3.70. The van der Waals surface area contributed by atoms with Crippen molar-refractivity contribution >= 4 is 17.1 Å². The maximum atomic E-state index is 14.0. The van der Waals surface area contributed by atoms with Crippen molar-refractivity contribution in [2.24, 2.45) is 11.8 Å². The van der Waals surface area contributed by atoms with Crippen LogP contribution in [0.15, 0.2) is 36.5 Å². The van der Waals surface area contributed by atoms with Gasteiger partial charge < -0.3 is 19.9 Å². The average molecular weight is 408 g/mol. The van der Waals surface area contributed by atoms with Crippen molar-refractivity contribution in [1.29, 1.82) is 0 Å². The molecule has 2 aromatic heterocycles. The lowest BCUT2D eigenvalue weighted by molar-refractivity contribution is 0.207. The Balaban J connectivity index is 1.45. The van der Waals surface area contributed by atoms with E-state index in [1.165, 1.54) is 17.8 Å². The van der Waals surface area contributed by atoms with E-state index in [9.17, 15) is 9.18 Å². The highest BCUT2D eigenvalue weighted by molar-refractivity contribution is 5.95. The Labute approximate surface area is 174 Å². The van der Waals surface area contributed by atoms with Crippen molar-refractivity contribution in [3.05, 3.63) is 48.0 Å². The highest BCUT2D eigenvalue weighted by Gasteiger charge is 2.43. The topological polar surface area (TPSA) is 70.2 Å². The van der Waals surface area contributed by atoms with Crippen molar-refractivity contribution in [2.75, 3.05) is 27.2 Å². The Hall–Kier alpha value is -3.09. The number of hydrogen-bond donors (Lipinski definition) is 2. The fraction of sp³-hybridized carbons (Fsp3) is 0.391. The third kappa shape index (κ3) is 3.09. The second kappa shape index (κ2) is 7.31. The zero-order chi connectivity index (χ0) is 20.8. The van der Waals surface area contributed by atoms with Crippen molar-refractivity contribution in [1.82, 2.24) is 20.2 Å². The first kappa shape index (κ1) is 18.9. The number of aromatic nitrogens is 2. The fourth-order valence-electron chi connectivity index (χ4n) is 5.27. The van der Waals surface area contributed by atoms with Crippen LogP contribution in [0.5, 0.6) is 5.75 Å². The molecule has 2 aliphatic rings. The Bertz CT molecular complexity index is 1100. The molecule has 1 aliphatic heterocycles. The van der Waals surface area contributed by atoms with Gasteiger partial charge in [0.1, 0.15) is 17.2 Å². The minimum absolute atomic E-state index is 0.0180. The van der Waals surface area contributed by atoms with E-state index in [-0.39, 0.29) is 11.8 Å². The Morgan fingerprint density at radius 2 is 1.97 bits per heavy atom. The van der Waals surface area contributed by atoms with Crippen LogP contribution in [-0.2, 0) is 0 Å². The van der Waals surface area contributed by atoms with Crippen molar-refractivity contribution in [3.63, 3.8) is 0 Å². The third-order valence-corrected chi connectivity index (χ3v) is 6.70. The van der Waals surface area contributed by atoms with Crippen LogP contribution in [0.1, 0.15) is 24.5 Å². The van der Waals surface area contributed by atoms with Gasteiger partial charge in [0.2, 0.25) is 0 Å². The first-order valence-electron chi connectivity index (χ1n) is 10.4. The lowest BCUT2D eigenvalue weighted by atomic mass is 9.99. The van der Waals surface area contributed by atoms with Crippen LogP contribution in [0.4, 0.5) is 9.18 Å². The minimum Gasteiger partial charge on any atom is -0.496 e. The molecule has 156 valence electrons. The highest BCUT2D eigenvalue weighted by Crippen LogP contribution is 2.47. The Kier molecular flexibility index (Phi) is 4.60. The van der Waals surface area contributed by atoms with Crippen LogP contribution in [0.3, 0.4) is 0 Å². The van der Waals surface area contributed by atoms with Crippen molar-refractivity contribution in [2.45, 2.75) is 18.8 Å². The summed E-state index contributed by atoms with van der Waals surface area (Å²) in [6.45, 7) is 1.65. The number of H-pyrrole nitrogens is 1. The number of pyridine rings is 1. The van der Waals surface area contributed by atoms with E-state index >= 15 is 0 Å². The number of nitrogens with zero attached hydrogens (tertiary/aromatic N) is 2. The summed E-state index contributed by atoms with van der Waals surface area (Å²) in [4.78, 5) is 21.8. The molecule has 30 heavy (non-hydrogen) atoms. The van der Waals surface area contributed by atoms with E-state index in [0.29, 0.717) is 23.5 Å². The molecule has 3 heterocycles. The van der Waals surface area contributed by atoms with Gasteiger partial charge in [0.25, 0.3) is 0 Å². The Morgan fingerprint density at radius 1 is 1.20 bits per heavy atom. The number of fused-ring (bicyclic) bond motifs is 2. The summed E-state index contributed by atoms with van der Waals surface area (Å²) in [7, 11) is 3.28. The molecular formula is C23H25FN4O2. The minimum atomic E-state index is -0.296. The molecular weight excluding hydrogens is 383 g/mol. The van der Waals surface area contributed by atoms with Crippen LogP contribution in [0.25, 0.3) is 22.2 Å².